The van der Waals surface area contributed by atoms with Crippen molar-refractivity contribution in [2.75, 3.05) is 19.6 Å². The average molecular weight is 349 g/mol. The van der Waals surface area contributed by atoms with Gasteiger partial charge in [-0.3, -0.25) is 9.59 Å². The van der Waals surface area contributed by atoms with Crippen LogP contribution in [0.2, 0.25) is 0 Å². The molecule has 1 aromatic heterocycles. The summed E-state index contributed by atoms with van der Waals surface area (Å²) in [5, 5.41) is 1.94. The molecule has 0 spiro atoms. The Morgan fingerprint density at radius 3 is 2.50 bits per heavy atom. The summed E-state index contributed by atoms with van der Waals surface area (Å²) >= 11 is 1.49. The third-order valence-corrected chi connectivity index (χ3v) is 5.94. The van der Waals surface area contributed by atoms with Gasteiger partial charge in [-0.05, 0) is 49.5 Å². The molecule has 0 atom stereocenters. The molecule has 3 rings (SSSR count). The lowest BCUT2D eigenvalue weighted by molar-refractivity contribution is -0.137. The lowest BCUT2D eigenvalue weighted by Gasteiger charge is -2.34. The predicted octanol–water partition coefficient (Wildman–Crippen LogP) is 3.64. The van der Waals surface area contributed by atoms with Crippen LogP contribution >= 0.6 is 11.3 Å². The van der Waals surface area contributed by atoms with Gasteiger partial charge in [-0.2, -0.15) is 0 Å². The normalized spacial score (nSPS) is 18.9. The van der Waals surface area contributed by atoms with Gasteiger partial charge in [0.25, 0.3) is 5.91 Å². The van der Waals surface area contributed by atoms with Crippen molar-refractivity contribution in [2.45, 2.75) is 52.0 Å². The summed E-state index contributed by atoms with van der Waals surface area (Å²) in [4.78, 5) is 30.2. The van der Waals surface area contributed by atoms with Gasteiger partial charge in [-0.15, -0.1) is 11.3 Å². The highest BCUT2D eigenvalue weighted by Crippen LogP contribution is 2.31. The van der Waals surface area contributed by atoms with Crippen LogP contribution in [0.5, 0.6) is 0 Å². The first-order valence-electron chi connectivity index (χ1n) is 9.19. The monoisotopic (exact) mass is 348 g/mol. The van der Waals surface area contributed by atoms with Crippen molar-refractivity contribution < 1.29 is 9.59 Å². The number of amides is 2. The lowest BCUT2D eigenvalue weighted by atomic mass is 9.94. The lowest BCUT2D eigenvalue weighted by Crippen LogP contribution is -2.45. The molecule has 1 aliphatic heterocycles. The summed E-state index contributed by atoms with van der Waals surface area (Å²) in [5.74, 6) is 1.19. The molecular formula is C19H28N2O2S. The van der Waals surface area contributed by atoms with Crippen LogP contribution in [-0.2, 0) is 4.79 Å². The van der Waals surface area contributed by atoms with Crippen LogP contribution in [-0.4, -0.2) is 47.3 Å². The largest absolute Gasteiger partial charge is 0.339 e. The SMILES string of the molecule is CC(C)CCN(C(=O)C1CCN(C(=O)c2cccs2)CC1)C1CC1. The van der Waals surface area contributed by atoms with Crippen molar-refractivity contribution in [2.24, 2.45) is 11.8 Å². The highest BCUT2D eigenvalue weighted by atomic mass is 32.1. The van der Waals surface area contributed by atoms with Crippen LogP contribution < -0.4 is 0 Å². The molecule has 2 heterocycles. The number of hydrogen-bond acceptors (Lipinski definition) is 3. The molecule has 0 unspecified atom stereocenters. The number of carbonyl (C=O) groups excluding carboxylic acids is 2. The summed E-state index contributed by atoms with van der Waals surface area (Å²) in [6.07, 6.45) is 5.03. The van der Waals surface area contributed by atoms with Crippen LogP contribution in [0.3, 0.4) is 0 Å². The van der Waals surface area contributed by atoms with Crippen LogP contribution in [0.25, 0.3) is 0 Å². The van der Waals surface area contributed by atoms with Gasteiger partial charge in [-0.1, -0.05) is 19.9 Å². The van der Waals surface area contributed by atoms with E-state index < -0.39 is 0 Å². The zero-order chi connectivity index (χ0) is 17.1. The molecule has 0 bridgehead atoms. The highest BCUT2D eigenvalue weighted by molar-refractivity contribution is 7.12. The first-order chi connectivity index (χ1) is 11.6. The minimum Gasteiger partial charge on any atom is -0.339 e. The zero-order valence-corrected chi connectivity index (χ0v) is 15.6. The Kier molecular flexibility index (Phi) is 5.59. The molecule has 1 saturated heterocycles. The molecule has 5 heteroatoms. The van der Waals surface area contributed by atoms with Gasteiger partial charge in [-0.25, -0.2) is 0 Å². The standard InChI is InChI=1S/C19H28N2O2S/c1-14(2)7-12-21(16-5-6-16)18(22)15-8-10-20(11-9-15)19(23)17-4-3-13-24-17/h3-4,13-16H,5-12H2,1-2H3. The van der Waals surface area contributed by atoms with E-state index in [1.54, 1.807) is 0 Å². The Labute approximate surface area is 148 Å². The van der Waals surface area contributed by atoms with Crippen molar-refractivity contribution in [1.82, 2.24) is 9.80 Å². The summed E-state index contributed by atoms with van der Waals surface area (Å²) in [6, 6.07) is 4.28. The van der Waals surface area contributed by atoms with Crippen LogP contribution in [0.15, 0.2) is 17.5 Å². The minimum absolute atomic E-state index is 0.102. The van der Waals surface area contributed by atoms with E-state index in [0.29, 0.717) is 31.0 Å². The molecule has 4 nitrogen and oxygen atoms in total. The van der Waals surface area contributed by atoms with Crippen molar-refractivity contribution in [3.8, 4) is 0 Å². The maximum Gasteiger partial charge on any atom is 0.263 e. The summed E-state index contributed by atoms with van der Waals surface area (Å²) in [5.41, 5.74) is 0. The number of nitrogens with zero attached hydrogens (tertiary/aromatic N) is 2. The molecule has 24 heavy (non-hydrogen) atoms. The maximum atomic E-state index is 12.9. The molecule has 0 aromatic carbocycles. The molecular weight excluding hydrogens is 320 g/mol. The molecule has 1 aliphatic carbocycles. The number of carbonyl (C=O) groups is 2. The number of likely N-dealkylation sites (tertiary alicyclic amines) is 1. The number of piperidine rings is 1. The first kappa shape index (κ1) is 17.5. The van der Waals surface area contributed by atoms with E-state index >= 15 is 0 Å². The molecule has 1 aromatic rings. The third-order valence-electron chi connectivity index (χ3n) is 5.08. The second-order valence-electron chi connectivity index (χ2n) is 7.49. The highest BCUT2D eigenvalue weighted by Gasteiger charge is 2.37. The maximum absolute atomic E-state index is 12.9. The first-order valence-corrected chi connectivity index (χ1v) is 10.1. The second kappa shape index (κ2) is 7.68. The van der Waals surface area contributed by atoms with Crippen molar-refractivity contribution in [1.29, 1.82) is 0 Å². The predicted molar refractivity (Wildman–Crippen MR) is 97.1 cm³/mol. The van der Waals surface area contributed by atoms with Gasteiger partial charge in [0.15, 0.2) is 0 Å². The van der Waals surface area contributed by atoms with E-state index in [1.165, 1.54) is 24.2 Å². The van der Waals surface area contributed by atoms with E-state index in [1.807, 2.05) is 22.4 Å². The van der Waals surface area contributed by atoms with Gasteiger partial charge in [0.1, 0.15) is 0 Å². The minimum atomic E-state index is 0.102. The van der Waals surface area contributed by atoms with Crippen molar-refractivity contribution in [3.05, 3.63) is 22.4 Å². The Morgan fingerprint density at radius 1 is 1.25 bits per heavy atom. The summed E-state index contributed by atoms with van der Waals surface area (Å²) < 4.78 is 0. The molecule has 2 fully saturated rings. The molecule has 0 radical (unpaired) electrons. The zero-order valence-electron chi connectivity index (χ0n) is 14.7. The topological polar surface area (TPSA) is 40.6 Å². The van der Waals surface area contributed by atoms with Gasteiger partial charge in [0.2, 0.25) is 5.91 Å². The quantitative estimate of drug-likeness (QED) is 0.787. The van der Waals surface area contributed by atoms with Crippen molar-refractivity contribution >= 4 is 23.2 Å². The van der Waals surface area contributed by atoms with Crippen LogP contribution in [0.4, 0.5) is 0 Å². The fourth-order valence-electron chi connectivity index (χ4n) is 3.38. The fourth-order valence-corrected chi connectivity index (χ4v) is 4.07. The molecule has 1 saturated carbocycles. The smallest absolute Gasteiger partial charge is 0.263 e. The van der Waals surface area contributed by atoms with Gasteiger partial charge in [0, 0.05) is 31.6 Å². The van der Waals surface area contributed by atoms with Gasteiger partial charge < -0.3 is 9.80 Å². The van der Waals surface area contributed by atoms with E-state index in [4.69, 9.17) is 0 Å². The summed E-state index contributed by atoms with van der Waals surface area (Å²) in [6.45, 7) is 6.73. The van der Waals surface area contributed by atoms with E-state index in [-0.39, 0.29) is 11.8 Å². The number of hydrogen-bond donors (Lipinski definition) is 0. The Hall–Kier alpha value is -1.36. The Balaban J connectivity index is 1.53. The fraction of sp³-hybridized carbons (Fsp3) is 0.684. The molecule has 2 amide bonds. The third kappa shape index (κ3) is 4.18. The van der Waals surface area contributed by atoms with Gasteiger partial charge >= 0.3 is 0 Å². The van der Waals surface area contributed by atoms with Crippen molar-refractivity contribution in [3.63, 3.8) is 0 Å². The number of rotatable bonds is 6. The van der Waals surface area contributed by atoms with E-state index in [2.05, 4.69) is 18.7 Å². The Bertz CT molecular complexity index is 558. The van der Waals surface area contributed by atoms with E-state index in [9.17, 15) is 9.59 Å². The Morgan fingerprint density at radius 2 is 1.96 bits per heavy atom. The number of thiophene rings is 1. The van der Waals surface area contributed by atoms with E-state index in [0.717, 1.165) is 30.7 Å². The van der Waals surface area contributed by atoms with Crippen LogP contribution in [0, 0.1) is 11.8 Å². The summed E-state index contributed by atoms with van der Waals surface area (Å²) in [7, 11) is 0. The molecule has 132 valence electrons. The van der Waals surface area contributed by atoms with Crippen LogP contribution in [0.1, 0.15) is 55.6 Å². The van der Waals surface area contributed by atoms with Gasteiger partial charge in [0.05, 0.1) is 4.88 Å². The molecule has 0 N–H and O–H groups in total. The second-order valence-corrected chi connectivity index (χ2v) is 8.44. The molecule has 2 aliphatic rings. The average Bonchev–Trinajstić information content (AvgIpc) is 3.26.